The van der Waals surface area contributed by atoms with Crippen LogP contribution in [0.3, 0.4) is 0 Å². The average Bonchev–Trinajstić information content (AvgIpc) is 2.55. The third-order valence-corrected chi connectivity index (χ3v) is 6.46. The number of carbonyl (C=O) groups excluding carboxylic acids is 1. The van der Waals surface area contributed by atoms with Crippen molar-refractivity contribution >= 4 is 15.7 Å². The Morgan fingerprint density at radius 2 is 1.65 bits per heavy atom. The number of halogens is 1. The number of nitrogens with zero attached hydrogens (tertiary/aromatic N) is 2. The number of rotatable bonds is 2. The monoisotopic (exact) mass is 340 g/mol. The Labute approximate surface area is 136 Å². The van der Waals surface area contributed by atoms with Crippen LogP contribution in [-0.4, -0.2) is 67.9 Å². The van der Waals surface area contributed by atoms with Crippen molar-refractivity contribution in [2.75, 3.05) is 37.7 Å². The van der Waals surface area contributed by atoms with Gasteiger partial charge in [0.05, 0.1) is 17.1 Å². The number of hydrogen-bond donors (Lipinski definition) is 0. The molecule has 2 saturated heterocycles. The Balaban J connectivity index is 1.57. The summed E-state index contributed by atoms with van der Waals surface area (Å²) < 4.78 is 36.7. The standard InChI is InChI=1S/C16H21FN2O3S/c17-15-4-2-1-3-14(15)16(20)19-9-7-18(8-10-19)13-5-11-23(21,22)12-6-13/h1-4,13H,5-12H2. The second-order valence-electron chi connectivity index (χ2n) is 6.19. The molecular formula is C16H21FN2O3S. The maximum Gasteiger partial charge on any atom is 0.256 e. The van der Waals surface area contributed by atoms with Gasteiger partial charge in [-0.05, 0) is 25.0 Å². The van der Waals surface area contributed by atoms with Gasteiger partial charge in [-0.15, -0.1) is 0 Å². The van der Waals surface area contributed by atoms with E-state index in [1.54, 1.807) is 17.0 Å². The molecule has 126 valence electrons. The Kier molecular flexibility index (Phi) is 4.68. The van der Waals surface area contributed by atoms with E-state index in [0.29, 0.717) is 39.0 Å². The summed E-state index contributed by atoms with van der Waals surface area (Å²) in [5, 5.41) is 0. The lowest BCUT2D eigenvalue weighted by Crippen LogP contribution is -2.53. The number of carbonyl (C=O) groups is 1. The molecule has 3 rings (SSSR count). The fraction of sp³-hybridized carbons (Fsp3) is 0.562. The van der Waals surface area contributed by atoms with Crippen LogP contribution in [0.25, 0.3) is 0 Å². The van der Waals surface area contributed by atoms with Gasteiger partial charge in [0.15, 0.2) is 0 Å². The zero-order chi connectivity index (χ0) is 16.4. The third-order valence-electron chi connectivity index (χ3n) is 4.75. The molecule has 2 aliphatic rings. The quantitative estimate of drug-likeness (QED) is 0.811. The van der Waals surface area contributed by atoms with E-state index >= 15 is 0 Å². The van der Waals surface area contributed by atoms with E-state index in [1.807, 2.05) is 0 Å². The van der Waals surface area contributed by atoms with Gasteiger partial charge < -0.3 is 4.90 Å². The molecule has 0 aliphatic carbocycles. The molecule has 1 aromatic rings. The van der Waals surface area contributed by atoms with Crippen LogP contribution in [0.4, 0.5) is 4.39 Å². The van der Waals surface area contributed by atoms with Crippen LogP contribution in [0.1, 0.15) is 23.2 Å². The third kappa shape index (κ3) is 3.72. The smallest absolute Gasteiger partial charge is 0.256 e. The lowest BCUT2D eigenvalue weighted by molar-refractivity contribution is 0.0553. The molecule has 0 saturated carbocycles. The van der Waals surface area contributed by atoms with Crippen molar-refractivity contribution < 1.29 is 17.6 Å². The molecular weight excluding hydrogens is 319 g/mol. The van der Waals surface area contributed by atoms with Gasteiger partial charge in [0.2, 0.25) is 0 Å². The molecule has 1 amide bonds. The van der Waals surface area contributed by atoms with Gasteiger partial charge in [-0.25, -0.2) is 12.8 Å². The van der Waals surface area contributed by atoms with Gasteiger partial charge >= 0.3 is 0 Å². The van der Waals surface area contributed by atoms with Gasteiger partial charge in [-0.2, -0.15) is 0 Å². The molecule has 0 bridgehead atoms. The highest BCUT2D eigenvalue weighted by atomic mass is 32.2. The normalized spacial score (nSPS) is 22.9. The zero-order valence-electron chi connectivity index (χ0n) is 12.9. The summed E-state index contributed by atoms with van der Waals surface area (Å²) in [5.41, 5.74) is 0.115. The van der Waals surface area contributed by atoms with Crippen molar-refractivity contribution in [1.82, 2.24) is 9.80 Å². The van der Waals surface area contributed by atoms with Gasteiger partial charge in [-0.1, -0.05) is 12.1 Å². The summed E-state index contributed by atoms with van der Waals surface area (Å²) >= 11 is 0. The van der Waals surface area contributed by atoms with Crippen molar-refractivity contribution in [2.45, 2.75) is 18.9 Å². The minimum atomic E-state index is -2.85. The fourth-order valence-corrected chi connectivity index (χ4v) is 4.80. The summed E-state index contributed by atoms with van der Waals surface area (Å²) in [4.78, 5) is 16.3. The van der Waals surface area contributed by atoms with Crippen molar-refractivity contribution in [2.24, 2.45) is 0 Å². The largest absolute Gasteiger partial charge is 0.336 e. The summed E-state index contributed by atoms with van der Waals surface area (Å²) in [5.74, 6) is -0.246. The molecule has 0 spiro atoms. The highest BCUT2D eigenvalue weighted by molar-refractivity contribution is 7.91. The van der Waals surface area contributed by atoms with Gasteiger partial charge in [-0.3, -0.25) is 9.69 Å². The number of benzene rings is 1. The van der Waals surface area contributed by atoms with E-state index in [9.17, 15) is 17.6 Å². The van der Waals surface area contributed by atoms with E-state index in [0.717, 1.165) is 0 Å². The first-order valence-electron chi connectivity index (χ1n) is 7.94. The van der Waals surface area contributed by atoms with Crippen molar-refractivity contribution in [1.29, 1.82) is 0 Å². The fourth-order valence-electron chi connectivity index (χ4n) is 3.34. The van der Waals surface area contributed by atoms with E-state index in [4.69, 9.17) is 0 Å². The zero-order valence-corrected chi connectivity index (χ0v) is 13.8. The number of piperazine rings is 1. The number of amides is 1. The molecule has 0 atom stereocenters. The Bertz CT molecular complexity index is 670. The van der Waals surface area contributed by atoms with Crippen LogP contribution in [0.2, 0.25) is 0 Å². The van der Waals surface area contributed by atoms with Crippen molar-refractivity contribution in [3.05, 3.63) is 35.6 Å². The molecule has 2 aliphatic heterocycles. The van der Waals surface area contributed by atoms with Crippen LogP contribution >= 0.6 is 0 Å². The van der Waals surface area contributed by atoms with Gasteiger partial charge in [0, 0.05) is 32.2 Å². The lowest BCUT2D eigenvalue weighted by Gasteiger charge is -2.40. The van der Waals surface area contributed by atoms with Crippen LogP contribution in [-0.2, 0) is 9.84 Å². The highest BCUT2D eigenvalue weighted by Crippen LogP contribution is 2.20. The first-order chi connectivity index (χ1) is 11.0. The molecule has 7 heteroatoms. The van der Waals surface area contributed by atoms with E-state index < -0.39 is 15.7 Å². The van der Waals surface area contributed by atoms with Crippen molar-refractivity contribution in [3.8, 4) is 0 Å². The highest BCUT2D eigenvalue weighted by Gasteiger charge is 2.31. The lowest BCUT2D eigenvalue weighted by atomic mass is 10.1. The summed E-state index contributed by atoms with van der Waals surface area (Å²) in [6.45, 7) is 2.53. The van der Waals surface area contributed by atoms with Crippen LogP contribution in [0, 0.1) is 5.82 Å². The summed E-state index contributed by atoms with van der Waals surface area (Å²) in [7, 11) is -2.85. The molecule has 0 radical (unpaired) electrons. The maximum atomic E-state index is 13.7. The van der Waals surface area contributed by atoms with Crippen molar-refractivity contribution in [3.63, 3.8) is 0 Å². The molecule has 1 aromatic carbocycles. The minimum absolute atomic E-state index is 0.115. The van der Waals surface area contributed by atoms with Crippen LogP contribution in [0.15, 0.2) is 24.3 Å². The molecule has 0 aromatic heterocycles. The van der Waals surface area contributed by atoms with E-state index in [-0.39, 0.29) is 29.0 Å². The van der Waals surface area contributed by atoms with Crippen LogP contribution in [0.5, 0.6) is 0 Å². The average molecular weight is 340 g/mol. The Morgan fingerprint density at radius 3 is 2.26 bits per heavy atom. The van der Waals surface area contributed by atoms with Gasteiger partial charge in [0.25, 0.3) is 5.91 Å². The molecule has 0 unspecified atom stereocenters. The minimum Gasteiger partial charge on any atom is -0.336 e. The predicted molar refractivity (Wildman–Crippen MR) is 85.6 cm³/mol. The molecule has 0 N–H and O–H groups in total. The SMILES string of the molecule is O=C(c1ccccc1F)N1CCN(C2CCS(=O)(=O)CC2)CC1. The topological polar surface area (TPSA) is 57.7 Å². The molecule has 2 fully saturated rings. The first kappa shape index (κ1) is 16.4. The van der Waals surface area contributed by atoms with Crippen LogP contribution < -0.4 is 0 Å². The first-order valence-corrected chi connectivity index (χ1v) is 9.77. The predicted octanol–water partition coefficient (Wildman–Crippen LogP) is 1.16. The number of hydrogen-bond acceptors (Lipinski definition) is 4. The second-order valence-corrected chi connectivity index (χ2v) is 8.49. The van der Waals surface area contributed by atoms with Gasteiger partial charge in [0.1, 0.15) is 15.7 Å². The maximum absolute atomic E-state index is 13.7. The second kappa shape index (κ2) is 6.57. The molecule has 23 heavy (non-hydrogen) atoms. The summed E-state index contributed by atoms with van der Waals surface area (Å²) in [6.07, 6.45) is 1.34. The molecule has 5 nitrogen and oxygen atoms in total. The molecule has 2 heterocycles. The number of sulfone groups is 1. The Hall–Kier alpha value is -1.47. The Morgan fingerprint density at radius 1 is 1.04 bits per heavy atom. The van der Waals surface area contributed by atoms with E-state index in [2.05, 4.69) is 4.90 Å². The summed E-state index contributed by atoms with van der Waals surface area (Å²) in [6, 6.07) is 6.32. The van der Waals surface area contributed by atoms with E-state index in [1.165, 1.54) is 12.1 Å².